The van der Waals surface area contributed by atoms with E-state index < -0.39 is 23.9 Å². The van der Waals surface area contributed by atoms with Gasteiger partial charge in [-0.3, -0.25) is 4.79 Å². The summed E-state index contributed by atoms with van der Waals surface area (Å²) in [7, 11) is 0. The van der Waals surface area contributed by atoms with Crippen LogP contribution >= 0.6 is 0 Å². The first-order valence-electron chi connectivity index (χ1n) is 10.1. The van der Waals surface area contributed by atoms with E-state index in [1.54, 1.807) is 42.8 Å². The number of rotatable bonds is 7. The number of aromatic amines is 1. The van der Waals surface area contributed by atoms with Gasteiger partial charge in [0.15, 0.2) is 11.6 Å². The van der Waals surface area contributed by atoms with Crippen molar-refractivity contribution in [1.29, 1.82) is 0 Å². The number of H-pyrrole nitrogens is 1. The third-order valence-corrected chi connectivity index (χ3v) is 4.95. The van der Waals surface area contributed by atoms with E-state index in [0.29, 0.717) is 27.7 Å². The standard InChI is InChI=1S/C22H24FN5O4/c1-11-7-15-16(27-11)5-6-17(19(15)23)32-21-20-13(3)18(8-28(20)26-10-25-21)30-9-12(2)31-22(29)14(4)24/h5-8,10,12,14,27H,9,24H2,1-4H3/t12-,14+/m1/s1/i10+2. The maximum absolute atomic E-state index is 15.0. The van der Waals surface area contributed by atoms with Gasteiger partial charge in [-0.25, -0.2) is 8.91 Å². The van der Waals surface area contributed by atoms with Crippen LogP contribution in [0.25, 0.3) is 16.4 Å². The van der Waals surface area contributed by atoms with Crippen LogP contribution in [0, 0.1) is 19.7 Å². The van der Waals surface area contributed by atoms with Crippen LogP contribution in [0.5, 0.6) is 17.4 Å². The third-order valence-electron chi connectivity index (χ3n) is 4.95. The largest absolute Gasteiger partial charge is 0.488 e. The molecule has 0 amide bonds. The lowest BCUT2D eigenvalue weighted by molar-refractivity contribution is -0.150. The Bertz CT molecular complexity index is 1300. The zero-order chi connectivity index (χ0) is 23.0. The molecule has 1 aromatic carbocycles. The molecule has 0 radical (unpaired) electrons. The minimum atomic E-state index is -0.707. The smallest absolute Gasteiger partial charge is 0.323 e. The number of hydrogen-bond acceptors (Lipinski definition) is 7. The van der Waals surface area contributed by atoms with E-state index in [4.69, 9.17) is 19.9 Å². The van der Waals surface area contributed by atoms with Gasteiger partial charge in [-0.15, -0.1) is 0 Å². The molecule has 32 heavy (non-hydrogen) atoms. The zero-order valence-electron chi connectivity index (χ0n) is 18.2. The number of esters is 1. The number of carbonyl (C=O) groups is 1. The van der Waals surface area contributed by atoms with Gasteiger partial charge >= 0.3 is 5.97 Å². The molecular formula is C22H24FN5O4. The monoisotopic (exact) mass is 443 g/mol. The van der Waals surface area contributed by atoms with Crippen LogP contribution < -0.4 is 15.2 Å². The summed E-state index contributed by atoms with van der Waals surface area (Å²) < 4.78 is 33.4. The molecule has 0 saturated heterocycles. The van der Waals surface area contributed by atoms with Crippen molar-refractivity contribution in [3.8, 4) is 17.4 Å². The molecule has 9 nitrogen and oxygen atoms in total. The van der Waals surface area contributed by atoms with Gasteiger partial charge < -0.3 is 24.9 Å². The predicted octanol–water partition coefficient (Wildman–Crippen LogP) is 3.42. The number of aromatic nitrogens is 4. The fourth-order valence-electron chi connectivity index (χ4n) is 3.34. The van der Waals surface area contributed by atoms with Crippen LogP contribution in [0.2, 0.25) is 0 Å². The van der Waals surface area contributed by atoms with Crippen molar-refractivity contribution < 1.29 is 23.4 Å². The van der Waals surface area contributed by atoms with Crippen molar-refractivity contribution in [3.63, 3.8) is 0 Å². The Labute approximate surface area is 183 Å². The summed E-state index contributed by atoms with van der Waals surface area (Å²) in [5, 5.41) is 4.63. The Morgan fingerprint density at radius 2 is 2.09 bits per heavy atom. The molecule has 0 unspecified atom stereocenters. The van der Waals surface area contributed by atoms with E-state index in [2.05, 4.69) is 15.1 Å². The molecule has 0 aliphatic carbocycles. The normalized spacial score (nSPS) is 13.3. The summed E-state index contributed by atoms with van der Waals surface area (Å²) in [6, 6.07) is 4.32. The molecule has 0 aliphatic rings. The first-order chi connectivity index (χ1) is 15.2. The Balaban J connectivity index is 1.58. The number of carbonyl (C=O) groups excluding carboxylic acids is 1. The molecule has 0 spiro atoms. The van der Waals surface area contributed by atoms with Gasteiger partial charge in [0.2, 0.25) is 5.88 Å². The second-order valence-electron chi connectivity index (χ2n) is 7.72. The molecule has 0 bridgehead atoms. The van der Waals surface area contributed by atoms with Gasteiger partial charge in [-0.2, -0.15) is 10.1 Å². The Kier molecular flexibility index (Phi) is 5.70. The number of benzene rings is 1. The number of fused-ring (bicyclic) bond motifs is 2. The Hall–Kier alpha value is -3.66. The number of nitrogens with zero attached hydrogens (tertiary/aromatic N) is 3. The van der Waals surface area contributed by atoms with Crippen molar-refractivity contribution in [2.75, 3.05) is 6.61 Å². The molecule has 0 saturated carbocycles. The molecule has 4 aromatic rings. The molecule has 0 aliphatic heterocycles. The average Bonchev–Trinajstić information content (AvgIpc) is 3.29. The van der Waals surface area contributed by atoms with Gasteiger partial charge in [0.05, 0.1) is 6.20 Å². The number of nitrogens with one attached hydrogen (secondary N) is 1. The van der Waals surface area contributed by atoms with Gasteiger partial charge in [0.25, 0.3) is 0 Å². The molecule has 4 rings (SSSR count). The molecule has 168 valence electrons. The third kappa shape index (κ3) is 4.09. The summed E-state index contributed by atoms with van der Waals surface area (Å²) in [5.74, 6) is -0.228. The summed E-state index contributed by atoms with van der Waals surface area (Å²) >= 11 is 0. The van der Waals surface area contributed by atoms with E-state index in [1.165, 1.54) is 6.33 Å². The van der Waals surface area contributed by atoms with E-state index in [1.807, 2.05) is 13.8 Å². The summed E-state index contributed by atoms with van der Waals surface area (Å²) in [6.45, 7) is 7.06. The quantitative estimate of drug-likeness (QED) is 0.420. The van der Waals surface area contributed by atoms with Crippen molar-refractivity contribution >= 4 is 22.4 Å². The lowest BCUT2D eigenvalue weighted by atomic mass is 10.2. The number of hydrogen-bond donors (Lipinski definition) is 2. The number of ether oxygens (including phenoxy) is 3. The highest BCUT2D eigenvalue weighted by Crippen LogP contribution is 2.34. The summed E-state index contributed by atoms with van der Waals surface area (Å²) in [5.41, 5.74) is 8.29. The fraction of sp³-hybridized carbons (Fsp3) is 0.318. The van der Waals surface area contributed by atoms with Crippen LogP contribution in [0.3, 0.4) is 0 Å². The van der Waals surface area contributed by atoms with Gasteiger partial charge in [0.1, 0.15) is 36.3 Å². The molecule has 2 atom stereocenters. The number of aryl methyl sites for hydroxylation is 2. The van der Waals surface area contributed by atoms with E-state index >= 15 is 0 Å². The van der Waals surface area contributed by atoms with Crippen LogP contribution in [-0.2, 0) is 9.53 Å². The van der Waals surface area contributed by atoms with Crippen LogP contribution in [0.15, 0.2) is 30.7 Å². The minimum Gasteiger partial charge on any atom is -0.488 e. The molecular weight excluding hydrogens is 419 g/mol. The predicted molar refractivity (Wildman–Crippen MR) is 115 cm³/mol. The van der Waals surface area contributed by atoms with Crippen LogP contribution in [-0.4, -0.2) is 44.3 Å². The molecule has 10 heteroatoms. The second-order valence-corrected chi connectivity index (χ2v) is 7.72. The first-order valence-corrected chi connectivity index (χ1v) is 10.1. The van der Waals surface area contributed by atoms with Crippen molar-refractivity contribution in [1.82, 2.24) is 19.6 Å². The second kappa shape index (κ2) is 8.46. The van der Waals surface area contributed by atoms with Crippen LogP contribution in [0.1, 0.15) is 25.1 Å². The topological polar surface area (TPSA) is 117 Å². The average molecular weight is 443 g/mol. The van der Waals surface area contributed by atoms with Gasteiger partial charge in [0, 0.05) is 22.2 Å². The highest BCUT2D eigenvalue weighted by molar-refractivity contribution is 5.83. The van der Waals surface area contributed by atoms with Gasteiger partial charge in [-0.1, -0.05) is 0 Å². The summed E-state index contributed by atoms with van der Waals surface area (Å²) in [6.07, 6.45) is 2.48. The van der Waals surface area contributed by atoms with Gasteiger partial charge in [-0.05, 0) is 45.9 Å². The summed E-state index contributed by atoms with van der Waals surface area (Å²) in [4.78, 5) is 18.9. The Morgan fingerprint density at radius 3 is 2.84 bits per heavy atom. The van der Waals surface area contributed by atoms with E-state index in [9.17, 15) is 9.18 Å². The molecule has 0 fully saturated rings. The lowest BCUT2D eigenvalue weighted by Gasteiger charge is -2.15. The SMILES string of the molecule is Cc1cc2c(F)c(Oc3n[14cH]nn4cc(OC[C@@H](C)OC(=O)[C@H](C)N)c(C)c34)ccc2[nH]1. The maximum Gasteiger partial charge on any atom is 0.323 e. The van der Waals surface area contributed by atoms with Crippen molar-refractivity contribution in [2.45, 2.75) is 39.8 Å². The number of nitrogens with two attached hydrogens (primary N) is 1. The highest BCUT2D eigenvalue weighted by Gasteiger charge is 2.19. The maximum atomic E-state index is 15.0. The molecule has 3 aromatic heterocycles. The molecule has 3 heterocycles. The number of halogens is 1. The fourth-order valence-corrected chi connectivity index (χ4v) is 3.34. The highest BCUT2D eigenvalue weighted by atomic mass is 19.1. The first kappa shape index (κ1) is 21.6. The van der Waals surface area contributed by atoms with E-state index in [0.717, 1.165) is 5.69 Å². The molecule has 3 N–H and O–H groups in total. The van der Waals surface area contributed by atoms with Crippen molar-refractivity contribution in [3.05, 3.63) is 47.8 Å². The van der Waals surface area contributed by atoms with Crippen molar-refractivity contribution in [2.24, 2.45) is 5.73 Å². The zero-order valence-corrected chi connectivity index (χ0v) is 18.2. The van der Waals surface area contributed by atoms with Crippen LogP contribution in [0.4, 0.5) is 4.39 Å². The minimum absolute atomic E-state index is 0.0524. The van der Waals surface area contributed by atoms with E-state index in [-0.39, 0.29) is 18.2 Å². The Morgan fingerprint density at radius 1 is 1.31 bits per heavy atom. The lowest BCUT2D eigenvalue weighted by Crippen LogP contribution is -2.33.